The SMILES string of the molecule is Cc1ccc2noc(C(=O)O)c2c1. The maximum absolute atomic E-state index is 10.7. The standard InChI is InChI=1S/C9H7NO3/c1-5-2-3-7-6(4-5)8(9(11)12)13-10-7/h2-4H,1H3,(H,11,12). The Bertz CT molecular complexity index is 473. The second kappa shape index (κ2) is 2.58. The van der Waals surface area contributed by atoms with Gasteiger partial charge in [0.25, 0.3) is 5.76 Å². The average molecular weight is 177 g/mol. The van der Waals surface area contributed by atoms with Crippen LogP contribution in [0.1, 0.15) is 16.1 Å². The zero-order chi connectivity index (χ0) is 9.42. The van der Waals surface area contributed by atoms with E-state index in [1.165, 1.54) is 0 Å². The van der Waals surface area contributed by atoms with Gasteiger partial charge in [-0.05, 0) is 19.1 Å². The van der Waals surface area contributed by atoms with Gasteiger partial charge in [0.05, 0.1) is 5.39 Å². The van der Waals surface area contributed by atoms with Crippen LogP contribution in [0.3, 0.4) is 0 Å². The zero-order valence-corrected chi connectivity index (χ0v) is 6.94. The Morgan fingerprint density at radius 2 is 2.31 bits per heavy atom. The van der Waals surface area contributed by atoms with Crippen LogP contribution >= 0.6 is 0 Å². The van der Waals surface area contributed by atoms with Gasteiger partial charge in [-0.15, -0.1) is 0 Å². The number of fused-ring (bicyclic) bond motifs is 1. The van der Waals surface area contributed by atoms with Crippen molar-refractivity contribution >= 4 is 16.9 Å². The quantitative estimate of drug-likeness (QED) is 0.721. The molecule has 1 N–H and O–H groups in total. The number of aryl methyl sites for hydroxylation is 1. The van der Waals surface area contributed by atoms with E-state index < -0.39 is 5.97 Å². The smallest absolute Gasteiger partial charge is 0.375 e. The van der Waals surface area contributed by atoms with E-state index in [0.717, 1.165) is 5.56 Å². The molecule has 0 saturated carbocycles. The van der Waals surface area contributed by atoms with Gasteiger partial charge in [0.1, 0.15) is 5.52 Å². The molecule has 0 radical (unpaired) electrons. The normalized spacial score (nSPS) is 10.5. The third-order valence-corrected chi connectivity index (χ3v) is 1.83. The monoisotopic (exact) mass is 177 g/mol. The molecule has 2 rings (SSSR count). The molecule has 0 amide bonds. The first-order valence-electron chi connectivity index (χ1n) is 3.78. The predicted molar refractivity (Wildman–Crippen MR) is 45.7 cm³/mol. The Hall–Kier alpha value is -1.84. The number of hydrogen-bond donors (Lipinski definition) is 1. The lowest BCUT2D eigenvalue weighted by Gasteiger charge is -1.90. The zero-order valence-electron chi connectivity index (χ0n) is 6.94. The van der Waals surface area contributed by atoms with Crippen LogP contribution in [0.25, 0.3) is 10.9 Å². The van der Waals surface area contributed by atoms with E-state index in [1.807, 2.05) is 13.0 Å². The van der Waals surface area contributed by atoms with E-state index in [0.29, 0.717) is 10.9 Å². The second-order valence-corrected chi connectivity index (χ2v) is 2.84. The Kier molecular flexibility index (Phi) is 1.55. The molecule has 13 heavy (non-hydrogen) atoms. The molecule has 2 aromatic rings. The highest BCUT2D eigenvalue weighted by atomic mass is 16.5. The van der Waals surface area contributed by atoms with Crippen molar-refractivity contribution in [3.63, 3.8) is 0 Å². The van der Waals surface area contributed by atoms with Crippen molar-refractivity contribution in [1.82, 2.24) is 5.16 Å². The third-order valence-electron chi connectivity index (χ3n) is 1.83. The molecule has 4 nitrogen and oxygen atoms in total. The number of hydrogen-bond acceptors (Lipinski definition) is 3. The minimum Gasteiger partial charge on any atom is -0.475 e. The molecule has 0 unspecified atom stereocenters. The summed E-state index contributed by atoms with van der Waals surface area (Å²) in [5.74, 6) is -1.19. The van der Waals surface area contributed by atoms with E-state index in [4.69, 9.17) is 5.11 Å². The van der Waals surface area contributed by atoms with Crippen molar-refractivity contribution in [2.45, 2.75) is 6.92 Å². The molecule has 0 saturated heterocycles. The molecular formula is C9H7NO3. The average Bonchev–Trinajstić information content (AvgIpc) is 2.46. The van der Waals surface area contributed by atoms with E-state index in [2.05, 4.69) is 9.68 Å². The van der Waals surface area contributed by atoms with E-state index in [-0.39, 0.29) is 5.76 Å². The highest BCUT2D eigenvalue weighted by Gasteiger charge is 2.14. The highest BCUT2D eigenvalue weighted by molar-refractivity contribution is 5.99. The molecule has 4 heteroatoms. The van der Waals surface area contributed by atoms with Gasteiger partial charge < -0.3 is 9.63 Å². The van der Waals surface area contributed by atoms with Crippen molar-refractivity contribution in [3.8, 4) is 0 Å². The van der Waals surface area contributed by atoms with Crippen molar-refractivity contribution in [2.75, 3.05) is 0 Å². The third kappa shape index (κ3) is 1.16. The summed E-state index contributed by atoms with van der Waals surface area (Å²) >= 11 is 0. The summed E-state index contributed by atoms with van der Waals surface area (Å²) in [4.78, 5) is 10.7. The fourth-order valence-corrected chi connectivity index (χ4v) is 1.21. The van der Waals surface area contributed by atoms with E-state index in [1.54, 1.807) is 12.1 Å². The van der Waals surface area contributed by atoms with Crippen molar-refractivity contribution in [2.24, 2.45) is 0 Å². The lowest BCUT2D eigenvalue weighted by Crippen LogP contribution is -1.93. The second-order valence-electron chi connectivity index (χ2n) is 2.84. The molecule has 1 aromatic carbocycles. The first-order chi connectivity index (χ1) is 6.18. The van der Waals surface area contributed by atoms with Gasteiger partial charge in [-0.1, -0.05) is 16.8 Å². The molecule has 0 aliphatic rings. The fourth-order valence-electron chi connectivity index (χ4n) is 1.21. The van der Waals surface area contributed by atoms with E-state index in [9.17, 15) is 4.79 Å². The van der Waals surface area contributed by atoms with Gasteiger partial charge >= 0.3 is 5.97 Å². The molecule has 0 fully saturated rings. The molecular weight excluding hydrogens is 170 g/mol. The number of aromatic nitrogens is 1. The molecule has 0 atom stereocenters. The van der Waals surface area contributed by atoms with Crippen molar-refractivity contribution < 1.29 is 14.4 Å². The summed E-state index contributed by atoms with van der Waals surface area (Å²) in [6, 6.07) is 5.34. The van der Waals surface area contributed by atoms with Gasteiger partial charge in [-0.2, -0.15) is 0 Å². The first-order valence-corrected chi connectivity index (χ1v) is 3.78. The number of nitrogens with zero attached hydrogens (tertiary/aromatic N) is 1. The Morgan fingerprint density at radius 3 is 3.00 bits per heavy atom. The lowest BCUT2D eigenvalue weighted by molar-refractivity contribution is 0.0655. The van der Waals surface area contributed by atoms with Gasteiger partial charge in [-0.25, -0.2) is 4.79 Å². The van der Waals surface area contributed by atoms with Crippen LogP contribution in [-0.2, 0) is 0 Å². The van der Waals surface area contributed by atoms with Crippen LogP contribution in [0.15, 0.2) is 22.7 Å². The molecule has 66 valence electrons. The molecule has 0 aliphatic carbocycles. The number of benzene rings is 1. The van der Waals surface area contributed by atoms with E-state index >= 15 is 0 Å². The molecule has 1 aromatic heterocycles. The summed E-state index contributed by atoms with van der Waals surface area (Å²) in [6.07, 6.45) is 0. The summed E-state index contributed by atoms with van der Waals surface area (Å²) < 4.78 is 4.68. The first kappa shape index (κ1) is 7.79. The Labute approximate surface area is 73.8 Å². The van der Waals surface area contributed by atoms with Gasteiger partial charge in [0.2, 0.25) is 0 Å². The van der Waals surface area contributed by atoms with Crippen LogP contribution < -0.4 is 0 Å². The summed E-state index contributed by atoms with van der Waals surface area (Å²) in [5, 5.41) is 12.9. The molecule has 0 spiro atoms. The molecule has 1 heterocycles. The largest absolute Gasteiger partial charge is 0.475 e. The number of carbonyl (C=O) groups is 1. The Morgan fingerprint density at radius 1 is 1.54 bits per heavy atom. The van der Waals surface area contributed by atoms with Gasteiger partial charge in [-0.3, -0.25) is 0 Å². The molecule has 0 bridgehead atoms. The van der Waals surface area contributed by atoms with Crippen LogP contribution in [0.4, 0.5) is 0 Å². The van der Waals surface area contributed by atoms with Crippen LogP contribution in [-0.4, -0.2) is 16.2 Å². The summed E-state index contributed by atoms with van der Waals surface area (Å²) in [6.45, 7) is 1.89. The van der Waals surface area contributed by atoms with Gasteiger partial charge in [0, 0.05) is 0 Å². The van der Waals surface area contributed by atoms with Crippen LogP contribution in [0.2, 0.25) is 0 Å². The number of aromatic carboxylic acids is 1. The Balaban J connectivity index is 2.79. The minimum absolute atomic E-state index is 0.0984. The van der Waals surface area contributed by atoms with Crippen LogP contribution in [0, 0.1) is 6.92 Å². The summed E-state index contributed by atoms with van der Waals surface area (Å²) in [5.41, 5.74) is 1.56. The number of carboxylic acids is 1. The fraction of sp³-hybridized carbons (Fsp3) is 0.111. The lowest BCUT2D eigenvalue weighted by atomic mass is 10.1. The summed E-state index contributed by atoms with van der Waals surface area (Å²) in [7, 11) is 0. The van der Waals surface area contributed by atoms with Gasteiger partial charge in [0.15, 0.2) is 0 Å². The maximum Gasteiger partial charge on any atom is 0.375 e. The number of carboxylic acid groups (broad SMARTS) is 1. The number of rotatable bonds is 1. The molecule has 0 aliphatic heterocycles. The predicted octanol–water partition coefficient (Wildman–Crippen LogP) is 1.83. The topological polar surface area (TPSA) is 63.3 Å². The minimum atomic E-state index is -1.09. The highest BCUT2D eigenvalue weighted by Crippen LogP contribution is 2.19. The van der Waals surface area contributed by atoms with Crippen LogP contribution in [0.5, 0.6) is 0 Å². The van der Waals surface area contributed by atoms with Crippen molar-refractivity contribution in [3.05, 3.63) is 29.5 Å². The van der Waals surface area contributed by atoms with Crippen molar-refractivity contribution in [1.29, 1.82) is 0 Å². The maximum atomic E-state index is 10.7.